The van der Waals surface area contributed by atoms with E-state index in [0.717, 1.165) is 16.7 Å². The SMILES string of the molecule is CCOC(=O)C1=C(C)N=c2s/c(=C/c3cc(Br)c(OCc4ccc(F)cc4)c(Br)c3)c(=O)n2[C@@H]1c1ccc(OC)cc1. The van der Waals surface area contributed by atoms with Gasteiger partial charge in [0.25, 0.3) is 5.56 Å². The molecular formula is C31H25Br2FN2O5S. The van der Waals surface area contributed by atoms with E-state index in [9.17, 15) is 14.0 Å². The van der Waals surface area contributed by atoms with Gasteiger partial charge in [0.05, 0.1) is 44.5 Å². The summed E-state index contributed by atoms with van der Waals surface area (Å²) >= 11 is 8.38. The quantitative estimate of drug-likeness (QED) is 0.208. The minimum absolute atomic E-state index is 0.197. The molecule has 7 nitrogen and oxygen atoms in total. The summed E-state index contributed by atoms with van der Waals surface area (Å²) in [5.74, 6) is 0.411. The second-order valence-corrected chi connectivity index (χ2v) is 12.0. The summed E-state index contributed by atoms with van der Waals surface area (Å²) in [7, 11) is 1.58. The Bertz CT molecular complexity index is 1840. The third kappa shape index (κ3) is 6.13. The zero-order chi connectivity index (χ0) is 30.0. The number of esters is 1. The van der Waals surface area contributed by atoms with Gasteiger partial charge in [0.2, 0.25) is 0 Å². The van der Waals surface area contributed by atoms with Gasteiger partial charge in [-0.2, -0.15) is 0 Å². The van der Waals surface area contributed by atoms with Crippen LogP contribution in [0.25, 0.3) is 6.08 Å². The average molecular weight is 716 g/mol. The van der Waals surface area contributed by atoms with Crippen LogP contribution in [0.5, 0.6) is 11.5 Å². The first-order chi connectivity index (χ1) is 20.2. The van der Waals surface area contributed by atoms with Crippen LogP contribution in [0.15, 0.2) is 90.7 Å². The van der Waals surface area contributed by atoms with E-state index in [1.165, 1.54) is 23.5 Å². The van der Waals surface area contributed by atoms with Crippen LogP contribution in [-0.4, -0.2) is 24.3 Å². The molecule has 3 aromatic carbocycles. The number of thiazole rings is 1. The van der Waals surface area contributed by atoms with Crippen molar-refractivity contribution >= 4 is 55.2 Å². The Hall–Kier alpha value is -3.54. The lowest BCUT2D eigenvalue weighted by Crippen LogP contribution is -2.39. The maximum absolute atomic E-state index is 13.9. The van der Waals surface area contributed by atoms with Crippen molar-refractivity contribution in [1.82, 2.24) is 4.57 Å². The summed E-state index contributed by atoms with van der Waals surface area (Å²) in [5.41, 5.74) is 2.83. The van der Waals surface area contributed by atoms with Crippen molar-refractivity contribution in [3.63, 3.8) is 0 Å². The predicted molar refractivity (Wildman–Crippen MR) is 166 cm³/mol. The molecule has 2 heterocycles. The third-order valence-corrected chi connectivity index (χ3v) is 8.72. The highest BCUT2D eigenvalue weighted by Crippen LogP contribution is 2.36. The van der Waals surface area contributed by atoms with E-state index in [1.807, 2.05) is 24.3 Å². The van der Waals surface area contributed by atoms with E-state index in [0.29, 0.717) is 41.0 Å². The summed E-state index contributed by atoms with van der Waals surface area (Å²) in [5, 5.41) is 0. The van der Waals surface area contributed by atoms with Gasteiger partial charge in [-0.05, 0) is 105 Å². The minimum Gasteiger partial charge on any atom is -0.497 e. The summed E-state index contributed by atoms with van der Waals surface area (Å²) in [6.45, 7) is 3.94. The number of hydrogen-bond donors (Lipinski definition) is 0. The number of rotatable bonds is 8. The first-order valence-corrected chi connectivity index (χ1v) is 15.3. The van der Waals surface area contributed by atoms with Crippen molar-refractivity contribution in [2.24, 2.45) is 4.99 Å². The number of nitrogens with zero attached hydrogens (tertiary/aromatic N) is 2. The summed E-state index contributed by atoms with van der Waals surface area (Å²) in [6.07, 6.45) is 1.78. The van der Waals surface area contributed by atoms with E-state index < -0.39 is 12.0 Å². The van der Waals surface area contributed by atoms with Gasteiger partial charge in [0.15, 0.2) is 4.80 Å². The molecule has 1 atom stereocenters. The number of halogens is 3. The lowest BCUT2D eigenvalue weighted by Gasteiger charge is -2.24. The Morgan fingerprint density at radius 2 is 1.76 bits per heavy atom. The van der Waals surface area contributed by atoms with Crippen LogP contribution in [0.2, 0.25) is 0 Å². The molecule has 1 aliphatic rings. The molecule has 0 spiro atoms. The Morgan fingerprint density at radius 1 is 1.10 bits per heavy atom. The maximum atomic E-state index is 13.9. The Morgan fingerprint density at radius 3 is 2.38 bits per heavy atom. The normalized spacial score (nSPS) is 14.8. The maximum Gasteiger partial charge on any atom is 0.338 e. The fraction of sp³-hybridized carbons (Fsp3) is 0.194. The fourth-order valence-corrected chi connectivity index (χ4v) is 7.08. The van der Waals surface area contributed by atoms with E-state index in [-0.39, 0.29) is 24.6 Å². The lowest BCUT2D eigenvalue weighted by atomic mass is 9.96. The summed E-state index contributed by atoms with van der Waals surface area (Å²) in [6, 6.07) is 16.3. The van der Waals surface area contributed by atoms with Gasteiger partial charge in [0.1, 0.15) is 23.9 Å². The van der Waals surface area contributed by atoms with E-state index in [4.69, 9.17) is 14.2 Å². The number of aromatic nitrogens is 1. The fourth-order valence-electron chi connectivity index (χ4n) is 4.58. The van der Waals surface area contributed by atoms with Crippen LogP contribution in [-0.2, 0) is 16.1 Å². The molecular weight excluding hydrogens is 691 g/mol. The topological polar surface area (TPSA) is 79.1 Å². The number of ether oxygens (including phenoxy) is 3. The highest BCUT2D eigenvalue weighted by Gasteiger charge is 2.33. The highest BCUT2D eigenvalue weighted by atomic mass is 79.9. The minimum atomic E-state index is -0.714. The Kier molecular flexibility index (Phi) is 9.10. The number of carbonyl (C=O) groups excluding carboxylic acids is 1. The average Bonchev–Trinajstić information content (AvgIpc) is 3.26. The van der Waals surface area contributed by atoms with Gasteiger partial charge < -0.3 is 14.2 Å². The van der Waals surface area contributed by atoms with Gasteiger partial charge in [0, 0.05) is 0 Å². The number of fused-ring (bicyclic) bond motifs is 1. The molecule has 0 bridgehead atoms. The molecule has 0 amide bonds. The number of benzene rings is 3. The molecule has 0 fully saturated rings. The van der Waals surface area contributed by atoms with E-state index in [1.54, 1.807) is 55.9 Å². The van der Waals surface area contributed by atoms with E-state index in [2.05, 4.69) is 36.9 Å². The summed E-state index contributed by atoms with van der Waals surface area (Å²) in [4.78, 5) is 32.1. The molecule has 11 heteroatoms. The van der Waals surface area contributed by atoms with Crippen molar-refractivity contribution < 1.29 is 23.4 Å². The zero-order valence-corrected chi connectivity index (χ0v) is 26.8. The van der Waals surface area contributed by atoms with Crippen molar-refractivity contribution in [3.05, 3.63) is 123 Å². The molecule has 0 N–H and O–H groups in total. The van der Waals surface area contributed by atoms with Crippen molar-refractivity contribution in [1.29, 1.82) is 0 Å². The third-order valence-electron chi connectivity index (χ3n) is 6.56. The van der Waals surface area contributed by atoms with Crippen molar-refractivity contribution in [3.8, 4) is 11.5 Å². The highest BCUT2D eigenvalue weighted by molar-refractivity contribution is 9.11. The molecule has 1 aliphatic heterocycles. The first kappa shape index (κ1) is 29.9. The van der Waals surface area contributed by atoms with Gasteiger partial charge in [-0.3, -0.25) is 9.36 Å². The van der Waals surface area contributed by atoms with Crippen LogP contribution in [0.4, 0.5) is 4.39 Å². The van der Waals surface area contributed by atoms with Crippen LogP contribution in [0, 0.1) is 5.82 Å². The molecule has 42 heavy (non-hydrogen) atoms. The molecule has 0 saturated heterocycles. The molecule has 5 rings (SSSR count). The second kappa shape index (κ2) is 12.8. The monoisotopic (exact) mass is 714 g/mol. The smallest absolute Gasteiger partial charge is 0.338 e. The van der Waals surface area contributed by atoms with Crippen LogP contribution < -0.4 is 24.4 Å². The number of allylic oxidation sites excluding steroid dienone is 1. The zero-order valence-electron chi connectivity index (χ0n) is 22.8. The molecule has 4 aromatic rings. The number of methoxy groups -OCH3 is 1. The molecule has 0 aliphatic carbocycles. The van der Waals surface area contributed by atoms with Gasteiger partial charge >= 0.3 is 5.97 Å². The van der Waals surface area contributed by atoms with Crippen LogP contribution >= 0.6 is 43.2 Å². The Labute approximate surface area is 261 Å². The number of carbonyl (C=O) groups is 1. The lowest BCUT2D eigenvalue weighted by molar-refractivity contribution is -0.139. The first-order valence-electron chi connectivity index (χ1n) is 12.9. The summed E-state index contributed by atoms with van der Waals surface area (Å²) < 4.78 is 33.2. The molecule has 1 aromatic heterocycles. The molecule has 0 unspecified atom stereocenters. The van der Waals surface area contributed by atoms with Gasteiger partial charge in [-0.25, -0.2) is 14.2 Å². The molecule has 0 radical (unpaired) electrons. The predicted octanol–water partition coefficient (Wildman–Crippen LogP) is 6.05. The van der Waals surface area contributed by atoms with Gasteiger partial charge in [-0.15, -0.1) is 0 Å². The largest absolute Gasteiger partial charge is 0.497 e. The van der Waals surface area contributed by atoms with E-state index >= 15 is 0 Å². The second-order valence-electron chi connectivity index (χ2n) is 9.30. The van der Waals surface area contributed by atoms with Gasteiger partial charge in [-0.1, -0.05) is 35.6 Å². The standard InChI is InChI=1S/C31H25Br2FN2O5S/c1-4-40-30(38)26-17(2)35-31-36(27(26)20-7-11-22(39-3)12-8-20)29(37)25(42-31)15-19-13-23(32)28(24(33)14-19)41-16-18-5-9-21(34)10-6-18/h5-15,27H,4,16H2,1-3H3/b25-15+/t27-/m1/s1. The molecule has 216 valence electrons. The van der Waals surface area contributed by atoms with Crippen molar-refractivity contribution in [2.75, 3.05) is 13.7 Å². The van der Waals surface area contributed by atoms with Crippen LogP contribution in [0.1, 0.15) is 36.6 Å². The van der Waals surface area contributed by atoms with Crippen molar-refractivity contribution in [2.45, 2.75) is 26.5 Å². The molecule has 0 saturated carbocycles. The number of hydrogen-bond acceptors (Lipinski definition) is 7. The Balaban J connectivity index is 1.54. The van der Waals surface area contributed by atoms with Crippen LogP contribution in [0.3, 0.4) is 0 Å².